The van der Waals surface area contributed by atoms with Crippen LogP contribution in [0.1, 0.15) is 28.5 Å². The van der Waals surface area contributed by atoms with Crippen LogP contribution in [0.5, 0.6) is 0 Å². The number of nitrogen functional groups attached to an aromatic ring is 1. The van der Waals surface area contributed by atoms with Gasteiger partial charge in [0, 0.05) is 17.7 Å². The molecule has 0 saturated carbocycles. The number of rotatable bonds is 5. The van der Waals surface area contributed by atoms with Crippen LogP contribution < -0.4 is 11.1 Å². The fraction of sp³-hybridized carbons (Fsp3) is 0.143. The normalized spacial score (nSPS) is 10.4. The van der Waals surface area contributed by atoms with Gasteiger partial charge in [0.1, 0.15) is 5.78 Å². The van der Waals surface area contributed by atoms with Crippen LogP contribution in [0.4, 0.5) is 11.5 Å². The van der Waals surface area contributed by atoms with Crippen LogP contribution in [-0.4, -0.2) is 21.7 Å². The molecule has 0 aliphatic carbocycles. The van der Waals surface area contributed by atoms with Crippen LogP contribution in [0.2, 0.25) is 0 Å². The van der Waals surface area contributed by atoms with Gasteiger partial charge < -0.3 is 11.1 Å². The number of ketones is 1. The van der Waals surface area contributed by atoms with Gasteiger partial charge >= 0.3 is 0 Å². The standard InChI is InChI=1S/C21H20N4O2/c1-13-3-7-16(8-4-13)18-12-23-20(22)19(25-18)21(27)24-17-9-5-15(6-10-17)11-14(2)26/h3-10,12H,11H2,1-2H3,(H2,22,23)(H,24,27). The average molecular weight is 360 g/mol. The van der Waals surface area contributed by atoms with Gasteiger partial charge in [-0.25, -0.2) is 9.97 Å². The Morgan fingerprint density at radius 2 is 1.70 bits per heavy atom. The molecule has 0 saturated heterocycles. The van der Waals surface area contributed by atoms with Crippen LogP contribution in [-0.2, 0) is 11.2 Å². The van der Waals surface area contributed by atoms with Crippen molar-refractivity contribution in [3.8, 4) is 11.3 Å². The summed E-state index contributed by atoms with van der Waals surface area (Å²) in [5, 5.41) is 2.76. The Balaban J connectivity index is 1.80. The van der Waals surface area contributed by atoms with Gasteiger partial charge in [-0.3, -0.25) is 9.59 Å². The molecule has 2 aromatic carbocycles. The van der Waals surface area contributed by atoms with Crippen molar-refractivity contribution in [2.45, 2.75) is 20.3 Å². The monoisotopic (exact) mass is 360 g/mol. The van der Waals surface area contributed by atoms with Crippen LogP contribution in [0.15, 0.2) is 54.7 Å². The third-order valence-electron chi connectivity index (χ3n) is 4.03. The maximum atomic E-state index is 12.6. The van der Waals surface area contributed by atoms with E-state index in [4.69, 9.17) is 5.73 Å². The van der Waals surface area contributed by atoms with Crippen molar-refractivity contribution in [1.82, 2.24) is 9.97 Å². The van der Waals surface area contributed by atoms with Gasteiger partial charge in [0.25, 0.3) is 5.91 Å². The number of benzene rings is 2. The van der Waals surface area contributed by atoms with E-state index >= 15 is 0 Å². The molecule has 6 nitrogen and oxygen atoms in total. The minimum absolute atomic E-state index is 0.0663. The minimum atomic E-state index is -0.437. The molecule has 0 atom stereocenters. The number of nitrogens with zero attached hydrogens (tertiary/aromatic N) is 2. The van der Waals surface area contributed by atoms with E-state index in [1.165, 1.54) is 6.92 Å². The van der Waals surface area contributed by atoms with E-state index in [1.807, 2.05) is 31.2 Å². The lowest BCUT2D eigenvalue weighted by molar-refractivity contribution is -0.116. The number of nitrogens with two attached hydrogens (primary N) is 1. The summed E-state index contributed by atoms with van der Waals surface area (Å²) in [4.78, 5) is 32.2. The molecule has 1 heterocycles. The highest BCUT2D eigenvalue weighted by molar-refractivity contribution is 6.06. The first-order valence-corrected chi connectivity index (χ1v) is 8.51. The zero-order valence-corrected chi connectivity index (χ0v) is 15.2. The summed E-state index contributed by atoms with van der Waals surface area (Å²) >= 11 is 0. The Bertz CT molecular complexity index is 980. The predicted octanol–water partition coefficient (Wildman–Crippen LogP) is 3.42. The molecule has 3 N–H and O–H groups in total. The Labute approximate surface area is 157 Å². The van der Waals surface area contributed by atoms with Crippen LogP contribution in [0.3, 0.4) is 0 Å². The molecule has 136 valence electrons. The smallest absolute Gasteiger partial charge is 0.278 e. The highest BCUT2D eigenvalue weighted by atomic mass is 16.2. The molecule has 0 unspecified atom stereocenters. The molecule has 27 heavy (non-hydrogen) atoms. The lowest BCUT2D eigenvalue weighted by atomic mass is 10.1. The van der Waals surface area contributed by atoms with E-state index in [9.17, 15) is 9.59 Å². The summed E-state index contributed by atoms with van der Waals surface area (Å²) in [6, 6.07) is 14.9. The predicted molar refractivity (Wildman–Crippen MR) is 105 cm³/mol. The number of aromatic nitrogens is 2. The number of amides is 1. The first kappa shape index (κ1) is 18.3. The number of carbonyl (C=O) groups is 2. The number of Topliss-reactive ketones (excluding diaryl/α,β-unsaturated/α-hetero) is 1. The van der Waals surface area contributed by atoms with Gasteiger partial charge in [-0.05, 0) is 31.5 Å². The van der Waals surface area contributed by atoms with Crippen LogP contribution in [0.25, 0.3) is 11.3 Å². The molecule has 3 aromatic rings. The Morgan fingerprint density at radius 3 is 2.33 bits per heavy atom. The first-order valence-electron chi connectivity index (χ1n) is 8.51. The number of anilines is 2. The molecule has 0 aliphatic heterocycles. The second kappa shape index (κ2) is 7.78. The van der Waals surface area contributed by atoms with E-state index < -0.39 is 5.91 Å². The Hall–Kier alpha value is -3.54. The number of aryl methyl sites for hydroxylation is 1. The van der Waals surface area contributed by atoms with Gasteiger partial charge in [-0.15, -0.1) is 0 Å². The molecular formula is C21H20N4O2. The molecule has 3 rings (SSSR count). The average Bonchev–Trinajstić information content (AvgIpc) is 2.64. The summed E-state index contributed by atoms with van der Waals surface area (Å²) in [6.45, 7) is 3.54. The molecule has 0 spiro atoms. The van der Waals surface area contributed by atoms with Crippen LogP contribution >= 0.6 is 0 Å². The zero-order chi connectivity index (χ0) is 19.4. The van der Waals surface area contributed by atoms with E-state index in [0.717, 1.165) is 16.7 Å². The fourth-order valence-corrected chi connectivity index (χ4v) is 2.61. The number of carbonyl (C=O) groups excluding carboxylic acids is 2. The molecule has 6 heteroatoms. The van der Waals surface area contributed by atoms with E-state index in [-0.39, 0.29) is 17.3 Å². The van der Waals surface area contributed by atoms with Crippen molar-refractivity contribution in [3.63, 3.8) is 0 Å². The third kappa shape index (κ3) is 4.55. The van der Waals surface area contributed by atoms with E-state index in [1.54, 1.807) is 30.5 Å². The van der Waals surface area contributed by atoms with Gasteiger partial charge in [0.15, 0.2) is 11.5 Å². The molecule has 1 aromatic heterocycles. The maximum Gasteiger partial charge on any atom is 0.278 e. The summed E-state index contributed by atoms with van der Waals surface area (Å²) in [6.07, 6.45) is 1.92. The van der Waals surface area contributed by atoms with E-state index in [2.05, 4.69) is 15.3 Å². The molecule has 0 bridgehead atoms. The fourth-order valence-electron chi connectivity index (χ4n) is 2.61. The molecule has 0 radical (unpaired) electrons. The largest absolute Gasteiger partial charge is 0.382 e. The maximum absolute atomic E-state index is 12.6. The second-order valence-electron chi connectivity index (χ2n) is 6.38. The Morgan fingerprint density at radius 1 is 1.04 bits per heavy atom. The van der Waals surface area contributed by atoms with E-state index in [0.29, 0.717) is 17.8 Å². The summed E-state index contributed by atoms with van der Waals surface area (Å²) < 4.78 is 0. The molecular weight excluding hydrogens is 340 g/mol. The molecule has 0 fully saturated rings. The zero-order valence-electron chi connectivity index (χ0n) is 15.2. The van der Waals surface area contributed by atoms with Crippen molar-refractivity contribution in [2.24, 2.45) is 0 Å². The highest BCUT2D eigenvalue weighted by Crippen LogP contribution is 2.20. The SMILES string of the molecule is CC(=O)Cc1ccc(NC(=O)c2nc(-c3ccc(C)cc3)cnc2N)cc1. The number of nitrogens with one attached hydrogen (secondary N) is 1. The Kier molecular flexibility index (Phi) is 5.26. The first-order chi connectivity index (χ1) is 12.9. The summed E-state index contributed by atoms with van der Waals surface area (Å²) in [5.74, 6) is -0.285. The second-order valence-corrected chi connectivity index (χ2v) is 6.38. The van der Waals surface area contributed by atoms with Crippen LogP contribution in [0, 0.1) is 6.92 Å². The molecule has 1 amide bonds. The minimum Gasteiger partial charge on any atom is -0.382 e. The highest BCUT2D eigenvalue weighted by Gasteiger charge is 2.15. The lowest BCUT2D eigenvalue weighted by Crippen LogP contribution is -2.17. The van der Waals surface area contributed by atoms with Gasteiger partial charge in [-0.1, -0.05) is 42.0 Å². The quantitative estimate of drug-likeness (QED) is 0.726. The van der Waals surface area contributed by atoms with Crippen molar-refractivity contribution >= 4 is 23.2 Å². The van der Waals surface area contributed by atoms with Crippen molar-refractivity contribution < 1.29 is 9.59 Å². The van der Waals surface area contributed by atoms with Gasteiger partial charge in [-0.2, -0.15) is 0 Å². The lowest BCUT2D eigenvalue weighted by Gasteiger charge is -2.09. The third-order valence-corrected chi connectivity index (χ3v) is 4.03. The van der Waals surface area contributed by atoms with Crippen molar-refractivity contribution in [2.75, 3.05) is 11.1 Å². The topological polar surface area (TPSA) is 98.0 Å². The number of hydrogen-bond acceptors (Lipinski definition) is 5. The van der Waals surface area contributed by atoms with Gasteiger partial charge in [0.2, 0.25) is 0 Å². The number of hydrogen-bond donors (Lipinski definition) is 2. The summed E-state index contributed by atoms with van der Waals surface area (Å²) in [5.41, 5.74) is 9.97. The van der Waals surface area contributed by atoms with Crippen molar-refractivity contribution in [3.05, 3.63) is 71.5 Å². The summed E-state index contributed by atoms with van der Waals surface area (Å²) in [7, 11) is 0. The van der Waals surface area contributed by atoms with Gasteiger partial charge in [0.05, 0.1) is 11.9 Å². The molecule has 0 aliphatic rings. The van der Waals surface area contributed by atoms with Crippen molar-refractivity contribution in [1.29, 1.82) is 0 Å².